The number of rotatable bonds is 4. The molecule has 0 bridgehead atoms. The average molecular weight is 329 g/mol. The van der Waals surface area contributed by atoms with Crippen molar-refractivity contribution in [2.24, 2.45) is 0 Å². The van der Waals surface area contributed by atoms with Crippen LogP contribution < -0.4 is 10.6 Å². The van der Waals surface area contributed by atoms with Gasteiger partial charge in [-0.25, -0.2) is 0 Å². The molecule has 0 radical (unpaired) electrons. The standard InChI is InChI=1S/C16H24N2OS.ClH/c1-16(2,3)13-6-4-12(5-7-13)8-9-17-15(19)14-10-20-11-18-14;/h4-7,14,18H,8-11H2,1-3H3,(H,17,19);1H. The summed E-state index contributed by atoms with van der Waals surface area (Å²) in [5.74, 6) is 1.89. The van der Waals surface area contributed by atoms with Crippen LogP contribution in [0.25, 0.3) is 0 Å². The number of carbonyl (C=O) groups excluding carboxylic acids is 1. The van der Waals surface area contributed by atoms with E-state index < -0.39 is 0 Å². The third kappa shape index (κ3) is 5.53. The summed E-state index contributed by atoms with van der Waals surface area (Å²) in [5.41, 5.74) is 2.81. The second-order valence-corrected chi connectivity index (χ2v) is 7.29. The fourth-order valence-corrected chi connectivity index (χ4v) is 3.13. The van der Waals surface area contributed by atoms with Gasteiger partial charge < -0.3 is 5.32 Å². The van der Waals surface area contributed by atoms with E-state index in [0.29, 0.717) is 6.54 Å². The molecule has 1 saturated heterocycles. The first kappa shape index (κ1) is 18.3. The van der Waals surface area contributed by atoms with Crippen LogP contribution in [0.1, 0.15) is 31.9 Å². The maximum absolute atomic E-state index is 11.8. The van der Waals surface area contributed by atoms with Gasteiger partial charge in [-0.3, -0.25) is 10.1 Å². The first-order valence-electron chi connectivity index (χ1n) is 7.15. The van der Waals surface area contributed by atoms with Gasteiger partial charge in [0, 0.05) is 18.2 Å². The minimum atomic E-state index is -0.0109. The highest BCUT2D eigenvalue weighted by atomic mass is 35.5. The van der Waals surface area contributed by atoms with Gasteiger partial charge in [0.05, 0.1) is 6.04 Å². The van der Waals surface area contributed by atoms with Crippen molar-refractivity contribution in [1.29, 1.82) is 0 Å². The lowest BCUT2D eigenvalue weighted by atomic mass is 9.86. The second-order valence-electron chi connectivity index (χ2n) is 6.26. The van der Waals surface area contributed by atoms with Crippen molar-refractivity contribution in [1.82, 2.24) is 10.6 Å². The topological polar surface area (TPSA) is 41.1 Å². The number of benzene rings is 1. The second kappa shape index (κ2) is 8.06. The Morgan fingerprint density at radius 2 is 2.00 bits per heavy atom. The molecule has 1 aromatic carbocycles. The molecular weight excluding hydrogens is 304 g/mol. The van der Waals surface area contributed by atoms with Gasteiger partial charge >= 0.3 is 0 Å². The Hall–Kier alpha value is -0.710. The van der Waals surface area contributed by atoms with E-state index in [2.05, 4.69) is 55.7 Å². The average Bonchev–Trinajstić information content (AvgIpc) is 2.92. The highest BCUT2D eigenvalue weighted by molar-refractivity contribution is 7.99. The molecule has 0 spiro atoms. The quantitative estimate of drug-likeness (QED) is 0.893. The summed E-state index contributed by atoms with van der Waals surface area (Å²) in [7, 11) is 0. The molecule has 1 atom stereocenters. The van der Waals surface area contributed by atoms with Crippen LogP contribution in [-0.2, 0) is 16.6 Å². The molecule has 1 amide bonds. The fraction of sp³-hybridized carbons (Fsp3) is 0.562. The van der Waals surface area contributed by atoms with Crippen molar-refractivity contribution in [3.05, 3.63) is 35.4 Å². The minimum Gasteiger partial charge on any atom is -0.354 e. The molecule has 21 heavy (non-hydrogen) atoms. The monoisotopic (exact) mass is 328 g/mol. The van der Waals surface area contributed by atoms with Crippen LogP contribution >= 0.6 is 24.2 Å². The zero-order chi connectivity index (χ0) is 14.6. The molecule has 2 rings (SSSR count). The number of hydrogen-bond acceptors (Lipinski definition) is 3. The van der Waals surface area contributed by atoms with Gasteiger partial charge in [-0.15, -0.1) is 24.2 Å². The summed E-state index contributed by atoms with van der Waals surface area (Å²) in [5, 5.41) is 6.18. The van der Waals surface area contributed by atoms with E-state index in [1.165, 1.54) is 11.1 Å². The normalized spacial score (nSPS) is 18.1. The Morgan fingerprint density at radius 1 is 1.33 bits per heavy atom. The van der Waals surface area contributed by atoms with Gasteiger partial charge in [-0.1, -0.05) is 45.0 Å². The molecule has 1 aliphatic rings. The molecule has 0 saturated carbocycles. The zero-order valence-electron chi connectivity index (χ0n) is 12.9. The van der Waals surface area contributed by atoms with Gasteiger partial charge in [0.15, 0.2) is 0 Å². The molecule has 1 aromatic rings. The Morgan fingerprint density at radius 3 is 2.52 bits per heavy atom. The third-order valence-electron chi connectivity index (χ3n) is 3.57. The summed E-state index contributed by atoms with van der Waals surface area (Å²) in [6, 6.07) is 8.69. The summed E-state index contributed by atoms with van der Waals surface area (Å²) >= 11 is 1.77. The molecule has 1 fully saturated rings. The lowest BCUT2D eigenvalue weighted by molar-refractivity contribution is -0.122. The van der Waals surface area contributed by atoms with Gasteiger partial charge in [0.25, 0.3) is 0 Å². The molecule has 5 heteroatoms. The van der Waals surface area contributed by atoms with Crippen LogP contribution in [0.5, 0.6) is 0 Å². The maximum atomic E-state index is 11.8. The molecule has 1 aliphatic heterocycles. The number of halogens is 1. The van der Waals surface area contributed by atoms with Crippen LogP contribution in [0.15, 0.2) is 24.3 Å². The van der Waals surface area contributed by atoms with E-state index in [1.54, 1.807) is 11.8 Å². The van der Waals surface area contributed by atoms with E-state index in [0.717, 1.165) is 18.1 Å². The maximum Gasteiger partial charge on any atom is 0.238 e. The predicted molar refractivity (Wildman–Crippen MR) is 93.4 cm³/mol. The van der Waals surface area contributed by atoms with Crippen LogP contribution in [0, 0.1) is 0 Å². The Labute approximate surface area is 138 Å². The third-order valence-corrected chi connectivity index (χ3v) is 4.51. The van der Waals surface area contributed by atoms with Crippen molar-refractivity contribution in [2.45, 2.75) is 38.6 Å². The van der Waals surface area contributed by atoms with Crippen molar-refractivity contribution in [3.8, 4) is 0 Å². The largest absolute Gasteiger partial charge is 0.354 e. The summed E-state index contributed by atoms with van der Waals surface area (Å²) in [4.78, 5) is 11.8. The highest BCUT2D eigenvalue weighted by Crippen LogP contribution is 2.22. The predicted octanol–water partition coefficient (Wildman–Crippen LogP) is 2.73. The van der Waals surface area contributed by atoms with Crippen LogP contribution in [0.3, 0.4) is 0 Å². The van der Waals surface area contributed by atoms with E-state index in [-0.39, 0.29) is 29.8 Å². The van der Waals surface area contributed by atoms with Gasteiger partial charge in [-0.2, -0.15) is 0 Å². The number of nitrogens with one attached hydrogen (secondary N) is 2. The van der Waals surface area contributed by atoms with Crippen molar-refractivity contribution in [3.63, 3.8) is 0 Å². The number of thioether (sulfide) groups is 1. The molecule has 118 valence electrons. The van der Waals surface area contributed by atoms with E-state index >= 15 is 0 Å². The highest BCUT2D eigenvalue weighted by Gasteiger charge is 2.21. The first-order valence-corrected chi connectivity index (χ1v) is 8.30. The molecule has 1 unspecified atom stereocenters. The van der Waals surface area contributed by atoms with Gasteiger partial charge in [-0.05, 0) is 23.0 Å². The lowest BCUT2D eigenvalue weighted by Gasteiger charge is -2.19. The first-order chi connectivity index (χ1) is 9.47. The zero-order valence-corrected chi connectivity index (χ0v) is 14.6. The Kier molecular flexibility index (Phi) is 7.04. The Balaban J connectivity index is 0.00000220. The van der Waals surface area contributed by atoms with Gasteiger partial charge in [0.2, 0.25) is 5.91 Å². The number of carbonyl (C=O) groups is 1. The SMILES string of the molecule is CC(C)(C)c1ccc(CCNC(=O)C2CSCN2)cc1.Cl. The van der Waals surface area contributed by atoms with E-state index in [1.807, 2.05) is 0 Å². The molecule has 2 N–H and O–H groups in total. The summed E-state index contributed by atoms with van der Waals surface area (Å²) < 4.78 is 0. The van der Waals surface area contributed by atoms with Crippen molar-refractivity contribution < 1.29 is 4.79 Å². The molecule has 0 aromatic heterocycles. The molecule has 0 aliphatic carbocycles. The smallest absolute Gasteiger partial charge is 0.238 e. The van der Waals surface area contributed by atoms with Crippen molar-refractivity contribution in [2.75, 3.05) is 18.2 Å². The van der Waals surface area contributed by atoms with Crippen LogP contribution in [0.4, 0.5) is 0 Å². The van der Waals surface area contributed by atoms with Crippen LogP contribution in [0.2, 0.25) is 0 Å². The Bertz CT molecular complexity index is 450. The van der Waals surface area contributed by atoms with Crippen molar-refractivity contribution >= 4 is 30.1 Å². The fourth-order valence-electron chi connectivity index (χ4n) is 2.19. The van der Waals surface area contributed by atoms with Crippen LogP contribution in [-0.4, -0.2) is 30.1 Å². The minimum absolute atomic E-state index is 0. The number of amides is 1. The van der Waals surface area contributed by atoms with E-state index in [4.69, 9.17) is 0 Å². The number of hydrogen-bond donors (Lipinski definition) is 2. The van der Waals surface area contributed by atoms with E-state index in [9.17, 15) is 4.79 Å². The molecule has 3 nitrogen and oxygen atoms in total. The summed E-state index contributed by atoms with van der Waals surface area (Å²) in [6.07, 6.45) is 0.885. The lowest BCUT2D eigenvalue weighted by Crippen LogP contribution is -2.42. The molecular formula is C16H25ClN2OS. The molecule has 1 heterocycles. The summed E-state index contributed by atoms with van der Waals surface area (Å²) in [6.45, 7) is 7.36. The van der Waals surface area contributed by atoms with Gasteiger partial charge in [0.1, 0.15) is 0 Å².